The normalized spacial score (nSPS) is 15.7. The van der Waals surface area contributed by atoms with Crippen molar-refractivity contribution in [1.82, 2.24) is 20.6 Å². The molecule has 9 N–H and O–H groups in total. The number of hydrogen-bond donors (Lipinski definition) is 9. The number of ether oxygens (including phenoxy) is 1. The third-order valence-corrected chi connectivity index (χ3v) is 14.6. The van der Waals surface area contributed by atoms with Gasteiger partial charge in [0.15, 0.2) is 0 Å². The monoisotopic (exact) mass is 1100 g/mol. The van der Waals surface area contributed by atoms with E-state index in [9.17, 15) is 13.5 Å². The van der Waals surface area contributed by atoms with Gasteiger partial charge in [0, 0.05) is 67.3 Å². The molecule has 0 radical (unpaired) electrons. The molecule has 0 spiro atoms. The minimum absolute atomic E-state index is 0.0412. The van der Waals surface area contributed by atoms with E-state index in [1.807, 2.05) is 46.8 Å². The summed E-state index contributed by atoms with van der Waals surface area (Å²) in [6.07, 6.45) is 7.01. The lowest BCUT2D eigenvalue weighted by Gasteiger charge is -2.26. The van der Waals surface area contributed by atoms with Crippen LogP contribution in [0.5, 0.6) is 0 Å². The molecule has 9 rings (SSSR count). The van der Waals surface area contributed by atoms with Gasteiger partial charge in [0.2, 0.25) is 0 Å². The maximum absolute atomic E-state index is 10.5. The molecule has 12 nitrogen and oxygen atoms in total. The van der Waals surface area contributed by atoms with Crippen molar-refractivity contribution in [1.29, 1.82) is 0 Å². The predicted octanol–water partition coefficient (Wildman–Crippen LogP) is 10.9. The van der Waals surface area contributed by atoms with Gasteiger partial charge < -0.3 is 45.8 Å². The van der Waals surface area contributed by atoms with Gasteiger partial charge in [0.05, 0.1) is 42.5 Å². The Morgan fingerprint density at radius 1 is 0.643 bits per heavy atom. The number of aliphatic hydroxyl groups excluding tert-OH is 3. The van der Waals surface area contributed by atoms with Gasteiger partial charge in [0.1, 0.15) is 0 Å². The zero-order valence-electron chi connectivity index (χ0n) is 40.7. The summed E-state index contributed by atoms with van der Waals surface area (Å²) in [5, 5.41) is 44.5. The Labute approximate surface area is 429 Å². The van der Waals surface area contributed by atoms with Crippen molar-refractivity contribution in [3.63, 3.8) is 0 Å². The number of nitrogens with one attached hydrogen (secondary N) is 4. The molecule has 2 aliphatic rings. The maximum Gasteiger partial charge on any atom is 0.294 e. The van der Waals surface area contributed by atoms with E-state index in [0.717, 1.165) is 64.4 Å². The van der Waals surface area contributed by atoms with E-state index in [1.54, 1.807) is 12.1 Å². The van der Waals surface area contributed by atoms with Gasteiger partial charge in [-0.3, -0.25) is 4.55 Å². The van der Waals surface area contributed by atoms with Crippen LogP contribution in [0.25, 0.3) is 21.8 Å². The minimum Gasteiger partial charge on any atom is -0.394 e. The second-order valence-corrected chi connectivity index (χ2v) is 22.1. The number of fused-ring (bicyclic) bond motifs is 6. The molecule has 0 bridgehead atoms. The summed E-state index contributed by atoms with van der Waals surface area (Å²) in [7, 11) is -4.02. The van der Waals surface area contributed by atoms with Crippen molar-refractivity contribution in [2.24, 2.45) is 0 Å². The van der Waals surface area contributed by atoms with Crippen molar-refractivity contribution in [2.45, 2.75) is 114 Å². The number of aliphatic hydroxyl groups is 4. The van der Waals surface area contributed by atoms with E-state index in [-0.39, 0.29) is 24.7 Å². The van der Waals surface area contributed by atoms with Crippen LogP contribution in [0.15, 0.2) is 123 Å². The summed E-state index contributed by atoms with van der Waals surface area (Å²) < 4.78 is 37.6. The summed E-state index contributed by atoms with van der Waals surface area (Å²) in [5.41, 5.74) is 12.4. The largest absolute Gasteiger partial charge is 0.394 e. The lowest BCUT2D eigenvalue weighted by molar-refractivity contribution is -0.0370. The average Bonchev–Trinajstić information content (AvgIpc) is 3.91. The number of halogens is 2. The van der Waals surface area contributed by atoms with Crippen LogP contribution in [0.2, 0.25) is 0 Å². The van der Waals surface area contributed by atoms with Crippen molar-refractivity contribution in [2.75, 3.05) is 26.4 Å². The molecule has 15 heteroatoms. The first kappa shape index (κ1) is 55.1. The first-order chi connectivity index (χ1) is 33.3. The first-order valence-corrected chi connectivity index (χ1v) is 26.8. The third-order valence-electron chi connectivity index (χ3n) is 12.7. The molecule has 2 heterocycles. The van der Waals surface area contributed by atoms with E-state index in [2.05, 4.69) is 125 Å². The molecular weight excluding hydrogens is 1040 g/mol. The molecule has 2 aromatic heterocycles. The molecule has 70 heavy (non-hydrogen) atoms. The van der Waals surface area contributed by atoms with Crippen LogP contribution >= 0.6 is 31.9 Å². The van der Waals surface area contributed by atoms with E-state index in [4.69, 9.17) is 24.6 Å². The van der Waals surface area contributed by atoms with Crippen LogP contribution in [0.1, 0.15) is 116 Å². The Morgan fingerprint density at radius 2 is 1.09 bits per heavy atom. The summed E-state index contributed by atoms with van der Waals surface area (Å²) in [4.78, 5) is 7.23. The molecule has 7 aromatic rings. The number of H-pyrrole nitrogens is 2. The Balaban J connectivity index is 0.000000179. The van der Waals surface area contributed by atoms with E-state index < -0.39 is 21.3 Å². The molecule has 2 atom stereocenters. The van der Waals surface area contributed by atoms with E-state index >= 15 is 0 Å². The average molecular weight is 1110 g/mol. The van der Waals surface area contributed by atoms with Gasteiger partial charge in [-0.25, -0.2) is 0 Å². The Bertz CT molecular complexity index is 2870. The highest BCUT2D eigenvalue weighted by molar-refractivity contribution is 9.10. The number of hydrogen-bond acceptors (Lipinski definition) is 9. The van der Waals surface area contributed by atoms with Crippen LogP contribution in [0, 0.1) is 6.92 Å². The Hall–Kier alpha value is -4.23. The van der Waals surface area contributed by atoms with Gasteiger partial charge in [0.25, 0.3) is 10.1 Å². The van der Waals surface area contributed by atoms with E-state index in [1.165, 1.54) is 80.4 Å². The van der Waals surface area contributed by atoms with Gasteiger partial charge in [-0.05, 0) is 155 Å². The molecule has 0 unspecified atom stereocenters. The van der Waals surface area contributed by atoms with Gasteiger partial charge in [-0.1, -0.05) is 98.1 Å². The SMILES string of the molecule is CC(C)(O)c1ccc(CN[C@@H]2CCCc3c2[nH]c2ccc(Br)cc32)cc1.CC(C)(OCCO)c1ccc(CN[C@@H]2CCCc3c2[nH]c2ccc(Br)cc32)cc1.Cc1ccc(S(=O)(=O)O)cc1.OCCO. The van der Waals surface area contributed by atoms with Crippen molar-refractivity contribution < 1.29 is 38.1 Å². The van der Waals surface area contributed by atoms with Crippen molar-refractivity contribution in [3.05, 3.63) is 168 Å². The summed E-state index contributed by atoms with van der Waals surface area (Å²) in [6.45, 7) is 11.4. The zero-order chi connectivity index (χ0) is 50.6. The van der Waals surface area contributed by atoms with Crippen molar-refractivity contribution in [3.8, 4) is 0 Å². The standard InChI is InChI=1S/C24H29BrN2O2.C22H25BrN2O.C7H8O3S.C2H6O2/c1-24(2,29-13-12-28)17-8-6-16(7-9-17)15-26-22-5-3-4-19-20-14-18(25)10-11-21(20)27-23(19)22;1-22(2,26)15-8-6-14(7-9-15)13-24-20-5-3-4-17-18-12-16(23)10-11-19(18)25-21(17)20;1-6-2-4-7(5-3-6)11(8,9)10;3-1-2-4/h6-11,14,22,26-28H,3-5,12-13,15H2,1-2H3;6-12,20,24-26H,3-5,13H2,1-2H3;2-5H,1H3,(H,8,9,10);3-4H,1-2H2/t22-;20-;;/m11../s1. The third kappa shape index (κ3) is 14.9. The highest BCUT2D eigenvalue weighted by Crippen LogP contribution is 2.38. The second-order valence-electron chi connectivity index (χ2n) is 18.8. The summed E-state index contributed by atoms with van der Waals surface area (Å²) in [6, 6.07) is 36.5. The molecule has 0 saturated carbocycles. The molecule has 376 valence electrons. The lowest BCUT2D eigenvalue weighted by Crippen LogP contribution is -2.25. The fourth-order valence-corrected chi connectivity index (χ4v) is 10.1. The quantitative estimate of drug-likeness (QED) is 0.0501. The number of aromatic nitrogens is 2. The lowest BCUT2D eigenvalue weighted by atomic mass is 9.91. The van der Waals surface area contributed by atoms with Crippen LogP contribution in [0.4, 0.5) is 0 Å². The molecule has 0 amide bonds. The number of aryl methyl sites for hydroxylation is 3. The first-order valence-electron chi connectivity index (χ1n) is 23.8. The number of rotatable bonds is 13. The van der Waals surface area contributed by atoms with Gasteiger partial charge >= 0.3 is 0 Å². The Kier molecular flexibility index (Phi) is 19.6. The number of aromatic amines is 2. The highest BCUT2D eigenvalue weighted by Gasteiger charge is 2.26. The Morgan fingerprint density at radius 3 is 1.49 bits per heavy atom. The zero-order valence-corrected chi connectivity index (χ0v) is 44.6. The molecule has 0 aliphatic heterocycles. The van der Waals surface area contributed by atoms with Gasteiger partial charge in [-0.15, -0.1) is 0 Å². The van der Waals surface area contributed by atoms with Crippen LogP contribution in [-0.4, -0.2) is 69.8 Å². The maximum atomic E-state index is 10.5. The van der Waals surface area contributed by atoms with Gasteiger partial charge in [-0.2, -0.15) is 8.42 Å². The smallest absolute Gasteiger partial charge is 0.294 e. The van der Waals surface area contributed by atoms with Crippen LogP contribution in [-0.2, 0) is 52.0 Å². The number of benzene rings is 5. The molecule has 0 fully saturated rings. The second kappa shape index (κ2) is 24.9. The molecule has 5 aromatic carbocycles. The summed E-state index contributed by atoms with van der Waals surface area (Å²) >= 11 is 7.20. The molecule has 2 aliphatic carbocycles. The van der Waals surface area contributed by atoms with Crippen molar-refractivity contribution >= 4 is 63.8 Å². The van der Waals surface area contributed by atoms with Crippen LogP contribution in [0.3, 0.4) is 0 Å². The fraction of sp³-hybridized carbons (Fsp3) is 0.382. The predicted molar refractivity (Wildman–Crippen MR) is 286 cm³/mol. The minimum atomic E-state index is -4.02. The summed E-state index contributed by atoms with van der Waals surface area (Å²) in [5.74, 6) is 0. The molecule has 0 saturated heterocycles. The van der Waals surface area contributed by atoms with Crippen LogP contribution < -0.4 is 10.6 Å². The topological polar surface area (TPSA) is 200 Å². The van der Waals surface area contributed by atoms with E-state index in [0.29, 0.717) is 18.7 Å². The fourth-order valence-electron chi connectivity index (χ4n) is 8.91. The highest BCUT2D eigenvalue weighted by atomic mass is 79.9. The molecular formula is C55H68Br2N4O8S.